The summed E-state index contributed by atoms with van der Waals surface area (Å²) in [4.78, 5) is 23.3. The molecule has 0 aliphatic heterocycles. The van der Waals surface area contributed by atoms with Gasteiger partial charge in [0.25, 0.3) is 5.91 Å². The highest BCUT2D eigenvalue weighted by Gasteiger charge is 2.30. The molecule has 5 nitrogen and oxygen atoms in total. The number of nitrogens with one attached hydrogen (secondary N) is 2. The SMILES string of the molecule is O=C(CCCNC(=O)c1ccco1)NCc1cccc(C(F)(F)F)c1. The first-order valence-electron chi connectivity index (χ1n) is 7.61. The van der Waals surface area contributed by atoms with Gasteiger partial charge >= 0.3 is 6.18 Å². The van der Waals surface area contributed by atoms with Crippen molar-refractivity contribution >= 4 is 11.8 Å². The molecular formula is C17H17F3N2O3. The summed E-state index contributed by atoms with van der Waals surface area (Å²) in [6, 6.07) is 7.91. The van der Waals surface area contributed by atoms with Crippen LogP contribution in [0.1, 0.15) is 34.5 Å². The van der Waals surface area contributed by atoms with Crippen LogP contribution in [0.25, 0.3) is 0 Å². The van der Waals surface area contributed by atoms with Crippen molar-refractivity contribution in [2.75, 3.05) is 6.54 Å². The molecule has 1 heterocycles. The fourth-order valence-electron chi connectivity index (χ4n) is 2.09. The molecule has 2 aromatic rings. The Balaban J connectivity index is 1.68. The Hall–Kier alpha value is -2.77. The molecule has 0 atom stereocenters. The minimum atomic E-state index is -4.41. The number of furan rings is 1. The zero-order chi connectivity index (χ0) is 18.3. The topological polar surface area (TPSA) is 71.3 Å². The molecule has 0 aliphatic rings. The van der Waals surface area contributed by atoms with Gasteiger partial charge in [0.1, 0.15) is 0 Å². The Morgan fingerprint density at radius 1 is 1.08 bits per heavy atom. The van der Waals surface area contributed by atoms with Gasteiger partial charge in [-0.3, -0.25) is 9.59 Å². The average Bonchev–Trinajstić information content (AvgIpc) is 3.11. The van der Waals surface area contributed by atoms with Gasteiger partial charge < -0.3 is 15.1 Å². The van der Waals surface area contributed by atoms with E-state index in [9.17, 15) is 22.8 Å². The minimum Gasteiger partial charge on any atom is -0.459 e. The van der Waals surface area contributed by atoms with E-state index in [0.717, 1.165) is 12.1 Å². The van der Waals surface area contributed by atoms with Gasteiger partial charge in [-0.05, 0) is 36.2 Å². The summed E-state index contributed by atoms with van der Waals surface area (Å²) < 4.78 is 42.8. The molecule has 2 amide bonds. The molecule has 0 fully saturated rings. The minimum absolute atomic E-state index is 0.0154. The summed E-state index contributed by atoms with van der Waals surface area (Å²) in [6.07, 6.45) is -2.47. The van der Waals surface area contributed by atoms with E-state index >= 15 is 0 Å². The maximum Gasteiger partial charge on any atom is 0.416 e. The van der Waals surface area contributed by atoms with E-state index in [-0.39, 0.29) is 37.1 Å². The Labute approximate surface area is 142 Å². The molecule has 0 saturated heterocycles. The summed E-state index contributed by atoms with van der Waals surface area (Å²) >= 11 is 0. The number of benzene rings is 1. The summed E-state index contributed by atoms with van der Waals surface area (Å²) in [5, 5.41) is 5.16. The van der Waals surface area contributed by atoms with E-state index in [2.05, 4.69) is 10.6 Å². The molecule has 0 spiro atoms. The highest BCUT2D eigenvalue weighted by molar-refractivity contribution is 5.91. The van der Waals surface area contributed by atoms with E-state index in [1.807, 2.05) is 0 Å². The van der Waals surface area contributed by atoms with E-state index in [0.29, 0.717) is 12.0 Å². The highest BCUT2D eigenvalue weighted by atomic mass is 19.4. The Morgan fingerprint density at radius 3 is 2.56 bits per heavy atom. The molecule has 0 radical (unpaired) electrons. The van der Waals surface area contributed by atoms with Crippen molar-refractivity contribution in [1.29, 1.82) is 0 Å². The number of halogens is 3. The van der Waals surface area contributed by atoms with Gasteiger partial charge in [0, 0.05) is 19.5 Å². The number of carbonyl (C=O) groups is 2. The fraction of sp³-hybridized carbons (Fsp3) is 0.294. The first kappa shape index (κ1) is 18.6. The Morgan fingerprint density at radius 2 is 1.88 bits per heavy atom. The van der Waals surface area contributed by atoms with Crippen LogP contribution in [0.4, 0.5) is 13.2 Å². The summed E-state index contributed by atoms with van der Waals surface area (Å²) in [5.41, 5.74) is -0.380. The number of hydrogen-bond donors (Lipinski definition) is 2. The summed E-state index contributed by atoms with van der Waals surface area (Å²) in [6.45, 7) is 0.304. The maximum absolute atomic E-state index is 12.6. The van der Waals surface area contributed by atoms with E-state index in [4.69, 9.17) is 4.42 Å². The zero-order valence-electron chi connectivity index (χ0n) is 13.2. The molecule has 0 bridgehead atoms. The highest BCUT2D eigenvalue weighted by Crippen LogP contribution is 2.29. The van der Waals surface area contributed by atoms with Gasteiger partial charge in [0.05, 0.1) is 11.8 Å². The smallest absolute Gasteiger partial charge is 0.416 e. The normalized spacial score (nSPS) is 11.2. The third-order valence-electron chi connectivity index (χ3n) is 3.36. The lowest BCUT2D eigenvalue weighted by Crippen LogP contribution is -2.27. The predicted molar refractivity (Wildman–Crippen MR) is 83.6 cm³/mol. The zero-order valence-corrected chi connectivity index (χ0v) is 13.2. The largest absolute Gasteiger partial charge is 0.459 e. The van der Waals surface area contributed by atoms with Crippen LogP contribution in [-0.4, -0.2) is 18.4 Å². The molecule has 2 rings (SSSR count). The third-order valence-corrected chi connectivity index (χ3v) is 3.36. The molecule has 134 valence electrons. The van der Waals surface area contributed by atoms with Crippen LogP contribution >= 0.6 is 0 Å². The van der Waals surface area contributed by atoms with Crippen LogP contribution in [-0.2, 0) is 17.5 Å². The number of alkyl halides is 3. The fourth-order valence-corrected chi connectivity index (χ4v) is 2.09. The number of rotatable bonds is 7. The van der Waals surface area contributed by atoms with Crippen LogP contribution in [0.15, 0.2) is 47.1 Å². The van der Waals surface area contributed by atoms with Gasteiger partial charge in [0.15, 0.2) is 5.76 Å². The standard InChI is InChI=1S/C17H17F3N2O3/c18-17(19,20)13-5-1-4-12(10-13)11-22-15(23)7-2-8-21-16(24)14-6-3-9-25-14/h1,3-6,9-10H,2,7-8,11H2,(H,21,24)(H,22,23). The quantitative estimate of drug-likeness (QED) is 0.751. The molecule has 8 heteroatoms. The van der Waals surface area contributed by atoms with Crippen molar-refractivity contribution in [2.45, 2.75) is 25.6 Å². The number of amides is 2. The lowest BCUT2D eigenvalue weighted by Gasteiger charge is -2.10. The van der Waals surface area contributed by atoms with Gasteiger partial charge in [-0.2, -0.15) is 13.2 Å². The van der Waals surface area contributed by atoms with Crippen LogP contribution in [0.5, 0.6) is 0 Å². The average molecular weight is 354 g/mol. The van der Waals surface area contributed by atoms with E-state index < -0.39 is 11.7 Å². The van der Waals surface area contributed by atoms with Crippen molar-refractivity contribution in [3.05, 3.63) is 59.5 Å². The molecule has 25 heavy (non-hydrogen) atoms. The van der Waals surface area contributed by atoms with Crippen LogP contribution < -0.4 is 10.6 Å². The molecule has 0 aliphatic carbocycles. The number of carbonyl (C=O) groups excluding carboxylic acids is 2. The Kier molecular flexibility index (Phi) is 6.21. The van der Waals surface area contributed by atoms with Crippen molar-refractivity contribution < 1.29 is 27.2 Å². The van der Waals surface area contributed by atoms with E-state index in [1.165, 1.54) is 24.5 Å². The first-order valence-corrected chi connectivity index (χ1v) is 7.61. The predicted octanol–water partition coefficient (Wildman–Crippen LogP) is 3.12. The van der Waals surface area contributed by atoms with Crippen molar-refractivity contribution in [1.82, 2.24) is 10.6 Å². The molecule has 2 N–H and O–H groups in total. The van der Waals surface area contributed by atoms with Crippen molar-refractivity contribution in [3.63, 3.8) is 0 Å². The van der Waals surface area contributed by atoms with Crippen LogP contribution in [0.2, 0.25) is 0 Å². The van der Waals surface area contributed by atoms with Crippen LogP contribution in [0, 0.1) is 0 Å². The van der Waals surface area contributed by atoms with Crippen molar-refractivity contribution in [3.8, 4) is 0 Å². The summed E-state index contributed by atoms with van der Waals surface area (Å²) in [5.74, 6) is -0.479. The maximum atomic E-state index is 12.6. The van der Waals surface area contributed by atoms with Gasteiger partial charge in [-0.15, -0.1) is 0 Å². The van der Waals surface area contributed by atoms with Gasteiger partial charge in [0.2, 0.25) is 5.91 Å². The lowest BCUT2D eigenvalue weighted by atomic mass is 10.1. The first-order chi connectivity index (χ1) is 11.9. The second kappa shape index (κ2) is 8.36. The molecule has 0 unspecified atom stereocenters. The van der Waals surface area contributed by atoms with Crippen molar-refractivity contribution in [2.24, 2.45) is 0 Å². The summed E-state index contributed by atoms with van der Waals surface area (Å²) in [7, 11) is 0. The lowest BCUT2D eigenvalue weighted by molar-refractivity contribution is -0.137. The molecule has 1 aromatic heterocycles. The monoisotopic (exact) mass is 354 g/mol. The Bertz CT molecular complexity index is 712. The molecular weight excluding hydrogens is 337 g/mol. The van der Waals surface area contributed by atoms with Gasteiger partial charge in [-0.1, -0.05) is 12.1 Å². The molecule has 0 saturated carbocycles. The van der Waals surface area contributed by atoms with Crippen LogP contribution in [0.3, 0.4) is 0 Å². The second-order valence-electron chi connectivity index (χ2n) is 5.31. The third kappa shape index (κ3) is 5.98. The molecule has 1 aromatic carbocycles. The second-order valence-corrected chi connectivity index (χ2v) is 5.31. The van der Waals surface area contributed by atoms with E-state index in [1.54, 1.807) is 6.07 Å². The van der Waals surface area contributed by atoms with Gasteiger partial charge in [-0.25, -0.2) is 0 Å². The number of hydrogen-bond acceptors (Lipinski definition) is 3.